The number of nitrogens with two attached hydrogens (primary N) is 2. The van der Waals surface area contributed by atoms with E-state index in [-0.39, 0.29) is 36.3 Å². The third kappa shape index (κ3) is 6.63. The number of hydrogen-bond donors (Lipinski definition) is 5. The average Bonchev–Trinajstić information content (AvgIpc) is 2.79. The number of rotatable bonds is 9. The average molecular weight is 509 g/mol. The van der Waals surface area contributed by atoms with Crippen LogP contribution in [0.1, 0.15) is 45.1 Å². The number of anilines is 1. The van der Waals surface area contributed by atoms with Gasteiger partial charge in [0.15, 0.2) is 5.96 Å². The summed E-state index contributed by atoms with van der Waals surface area (Å²) in [6.45, 7) is 5.14. The van der Waals surface area contributed by atoms with Crippen LogP contribution >= 0.6 is 0 Å². The van der Waals surface area contributed by atoms with Crippen molar-refractivity contribution in [3.63, 3.8) is 0 Å². The second kappa shape index (κ2) is 11.3. The highest BCUT2D eigenvalue weighted by Crippen LogP contribution is 2.31. The van der Waals surface area contributed by atoms with Gasteiger partial charge in [-0.2, -0.15) is 4.72 Å². The Bertz CT molecular complexity index is 1070. The first-order valence-electron chi connectivity index (χ1n) is 12.0. The van der Waals surface area contributed by atoms with E-state index in [4.69, 9.17) is 11.5 Å². The Hall–Kier alpha value is -2.86. The van der Waals surface area contributed by atoms with E-state index >= 15 is 0 Å². The topological polar surface area (TPSA) is 180 Å². The molecule has 4 atom stereocenters. The molecule has 0 saturated carbocycles. The van der Waals surface area contributed by atoms with Gasteiger partial charge in [0.05, 0.1) is 5.69 Å². The highest BCUT2D eigenvalue weighted by molar-refractivity contribution is 7.89. The van der Waals surface area contributed by atoms with Gasteiger partial charge in [-0.15, -0.1) is 0 Å². The van der Waals surface area contributed by atoms with Crippen molar-refractivity contribution in [2.75, 3.05) is 25.0 Å². The first-order chi connectivity index (χ1) is 16.5. The van der Waals surface area contributed by atoms with Gasteiger partial charge in [0.2, 0.25) is 15.9 Å². The smallest absolute Gasteiger partial charge is 0.326 e. The number of carboxylic acid groups (broad SMARTS) is 1. The van der Waals surface area contributed by atoms with Crippen LogP contribution in [0.2, 0.25) is 0 Å². The number of sulfonamides is 1. The molecule has 35 heavy (non-hydrogen) atoms. The number of aliphatic imine (C=N–C) groups is 1. The number of fused-ring (bicyclic) bond motifs is 1. The maximum absolute atomic E-state index is 13.5. The lowest BCUT2D eigenvalue weighted by molar-refractivity contribution is -0.153. The van der Waals surface area contributed by atoms with Crippen LogP contribution in [0.15, 0.2) is 28.1 Å². The molecular formula is C23H36N6O5S. The first-order valence-corrected chi connectivity index (χ1v) is 13.4. The third-order valence-electron chi connectivity index (χ3n) is 6.57. The minimum absolute atomic E-state index is 0.0750. The number of guanidine groups is 1. The van der Waals surface area contributed by atoms with Gasteiger partial charge in [-0.3, -0.25) is 9.79 Å². The van der Waals surface area contributed by atoms with Crippen molar-refractivity contribution in [3.8, 4) is 0 Å². The van der Waals surface area contributed by atoms with Crippen LogP contribution in [-0.4, -0.2) is 68.0 Å². The highest BCUT2D eigenvalue weighted by Gasteiger charge is 2.39. The molecular weight excluding hydrogens is 472 g/mol. The number of carboxylic acids is 1. The highest BCUT2D eigenvalue weighted by atomic mass is 32.2. The number of carbonyl (C=O) groups is 2. The molecule has 0 bridgehead atoms. The van der Waals surface area contributed by atoms with Crippen molar-refractivity contribution in [3.05, 3.63) is 23.8 Å². The maximum atomic E-state index is 13.5. The minimum Gasteiger partial charge on any atom is -0.480 e. The summed E-state index contributed by atoms with van der Waals surface area (Å²) in [5.41, 5.74) is 12.2. The number of likely N-dealkylation sites (tertiary alicyclic amines) is 1. The van der Waals surface area contributed by atoms with E-state index in [1.807, 2.05) is 13.0 Å². The van der Waals surface area contributed by atoms with Crippen LogP contribution in [0.5, 0.6) is 0 Å². The van der Waals surface area contributed by atoms with Crippen LogP contribution in [0.25, 0.3) is 0 Å². The fourth-order valence-electron chi connectivity index (χ4n) is 4.72. The van der Waals surface area contributed by atoms with E-state index in [0.29, 0.717) is 37.4 Å². The molecule has 2 aliphatic rings. The summed E-state index contributed by atoms with van der Waals surface area (Å²) in [5, 5.41) is 12.9. The SMILES string of the molecule is CC1CNc2c(cccc2S(=O)(=O)N[C@H](CCCN=C(N)N)C(=O)N2CC[C@@H](C)C[C@@H]2C(=O)O)C1. The molecule has 194 valence electrons. The van der Waals surface area contributed by atoms with E-state index in [1.54, 1.807) is 6.07 Å². The van der Waals surface area contributed by atoms with Gasteiger partial charge in [0.25, 0.3) is 0 Å². The summed E-state index contributed by atoms with van der Waals surface area (Å²) in [7, 11) is -4.10. The summed E-state index contributed by atoms with van der Waals surface area (Å²) >= 11 is 0. The summed E-state index contributed by atoms with van der Waals surface area (Å²) in [6.07, 6.45) is 2.17. The first kappa shape index (κ1) is 26.7. The van der Waals surface area contributed by atoms with Crippen molar-refractivity contribution in [1.82, 2.24) is 9.62 Å². The fraction of sp³-hybridized carbons (Fsp3) is 0.609. The van der Waals surface area contributed by atoms with E-state index in [0.717, 1.165) is 12.0 Å². The van der Waals surface area contributed by atoms with E-state index in [2.05, 4.69) is 22.0 Å². The number of amides is 1. The molecule has 11 nitrogen and oxygen atoms in total. The number of para-hydroxylation sites is 1. The van der Waals surface area contributed by atoms with Crippen LogP contribution in [0.4, 0.5) is 5.69 Å². The molecule has 1 aromatic carbocycles. The summed E-state index contributed by atoms with van der Waals surface area (Å²) in [5.74, 6) is -1.22. The van der Waals surface area contributed by atoms with Crippen LogP contribution in [0.3, 0.4) is 0 Å². The summed E-state index contributed by atoms with van der Waals surface area (Å²) in [4.78, 5) is 30.7. The van der Waals surface area contributed by atoms with Gasteiger partial charge in [0, 0.05) is 19.6 Å². The van der Waals surface area contributed by atoms with Gasteiger partial charge in [0.1, 0.15) is 17.0 Å². The largest absolute Gasteiger partial charge is 0.480 e. The zero-order chi connectivity index (χ0) is 25.8. The molecule has 0 aromatic heterocycles. The lowest BCUT2D eigenvalue weighted by Gasteiger charge is -2.38. The molecule has 0 spiro atoms. The fourth-order valence-corrected chi connectivity index (χ4v) is 6.17. The maximum Gasteiger partial charge on any atom is 0.326 e. The number of nitrogens with zero attached hydrogens (tertiary/aromatic N) is 2. The monoisotopic (exact) mass is 508 g/mol. The molecule has 1 fully saturated rings. The number of nitrogens with one attached hydrogen (secondary N) is 2. The summed E-state index contributed by atoms with van der Waals surface area (Å²) in [6, 6.07) is 2.94. The second-order valence-electron chi connectivity index (χ2n) is 9.62. The van der Waals surface area contributed by atoms with Crippen molar-refractivity contribution >= 4 is 33.5 Å². The van der Waals surface area contributed by atoms with Gasteiger partial charge in [-0.1, -0.05) is 26.0 Å². The Labute approximate surface area is 206 Å². The number of hydrogen-bond acceptors (Lipinski definition) is 6. The Kier molecular flexibility index (Phi) is 8.60. The molecule has 0 radical (unpaired) electrons. The van der Waals surface area contributed by atoms with Crippen LogP contribution in [-0.2, 0) is 26.0 Å². The Morgan fingerprint density at radius 1 is 1.29 bits per heavy atom. The predicted molar refractivity (Wildman–Crippen MR) is 133 cm³/mol. The van der Waals surface area contributed by atoms with E-state index in [9.17, 15) is 23.1 Å². The molecule has 2 aliphatic heterocycles. The van der Waals surface area contributed by atoms with Crippen molar-refractivity contribution in [2.24, 2.45) is 28.3 Å². The van der Waals surface area contributed by atoms with Gasteiger partial charge >= 0.3 is 5.97 Å². The normalized spacial score (nSPS) is 23.0. The molecule has 7 N–H and O–H groups in total. The van der Waals surface area contributed by atoms with Crippen molar-refractivity contribution in [2.45, 2.75) is 62.9 Å². The minimum atomic E-state index is -4.10. The standard InChI is InChI=1S/C23H36N6O5S/c1-14-8-10-29(18(12-14)22(31)32)21(30)17(6-4-9-26-23(24)25)28-35(33,34)19-7-3-5-16-11-15(2)13-27-20(16)19/h3,5,7,14-15,17-18,27-28H,4,6,8-13H2,1-2H3,(H,31,32)(H4,24,25,26)/t14-,15?,17-,18-/m1/s1. The molecule has 0 aliphatic carbocycles. The zero-order valence-electron chi connectivity index (χ0n) is 20.2. The van der Waals surface area contributed by atoms with Gasteiger partial charge in [-0.25, -0.2) is 13.2 Å². The summed E-state index contributed by atoms with van der Waals surface area (Å²) < 4.78 is 29.5. The molecule has 2 heterocycles. The lowest BCUT2D eigenvalue weighted by atomic mass is 9.91. The predicted octanol–water partition coefficient (Wildman–Crippen LogP) is 0.703. The van der Waals surface area contributed by atoms with Crippen molar-refractivity contribution < 1.29 is 23.1 Å². The number of aliphatic carboxylic acids is 1. The third-order valence-corrected chi connectivity index (χ3v) is 8.09. The van der Waals surface area contributed by atoms with Gasteiger partial charge in [-0.05, 0) is 55.6 Å². The molecule has 1 unspecified atom stereocenters. The number of benzene rings is 1. The molecule has 12 heteroatoms. The zero-order valence-corrected chi connectivity index (χ0v) is 21.1. The quantitative estimate of drug-likeness (QED) is 0.184. The van der Waals surface area contributed by atoms with Crippen LogP contribution < -0.4 is 21.5 Å². The molecule has 1 amide bonds. The molecule has 1 aromatic rings. The van der Waals surface area contributed by atoms with Crippen molar-refractivity contribution in [1.29, 1.82) is 0 Å². The molecule has 1 saturated heterocycles. The van der Waals surface area contributed by atoms with E-state index < -0.39 is 34.0 Å². The Balaban J connectivity index is 1.88. The number of piperidine rings is 1. The lowest BCUT2D eigenvalue weighted by Crippen LogP contribution is -2.56. The second-order valence-corrected chi connectivity index (χ2v) is 11.3. The van der Waals surface area contributed by atoms with E-state index in [1.165, 1.54) is 11.0 Å². The molecule has 3 rings (SSSR count). The van der Waals surface area contributed by atoms with Gasteiger partial charge < -0.3 is 26.8 Å². The van der Waals surface area contributed by atoms with Crippen LogP contribution in [0, 0.1) is 11.8 Å². The Morgan fingerprint density at radius 2 is 2.03 bits per heavy atom. The number of carbonyl (C=O) groups excluding carboxylic acids is 1. The Morgan fingerprint density at radius 3 is 2.71 bits per heavy atom.